The maximum absolute atomic E-state index is 6.12. The standard InChI is InChI=1S/C11H8ClN3/c1-7-13-14-11-5-8-3-2-4-10(12)9(8)6-15(7)11/h2-6H,1H3. The van der Waals surface area contributed by atoms with Gasteiger partial charge in [-0.25, -0.2) is 0 Å². The first-order chi connectivity index (χ1) is 7.25. The first-order valence-corrected chi connectivity index (χ1v) is 5.03. The highest BCUT2D eigenvalue weighted by molar-refractivity contribution is 6.35. The van der Waals surface area contributed by atoms with E-state index in [-0.39, 0.29) is 0 Å². The maximum Gasteiger partial charge on any atom is 0.161 e. The molecule has 0 N–H and O–H groups in total. The molecular formula is C11H8ClN3. The quantitative estimate of drug-likeness (QED) is 0.580. The van der Waals surface area contributed by atoms with Crippen molar-refractivity contribution in [2.45, 2.75) is 6.92 Å². The van der Waals surface area contributed by atoms with Crippen molar-refractivity contribution in [2.24, 2.45) is 0 Å². The van der Waals surface area contributed by atoms with E-state index >= 15 is 0 Å². The maximum atomic E-state index is 6.12. The van der Waals surface area contributed by atoms with Crippen LogP contribution in [0.15, 0.2) is 30.5 Å². The van der Waals surface area contributed by atoms with Gasteiger partial charge in [-0.1, -0.05) is 23.7 Å². The van der Waals surface area contributed by atoms with Gasteiger partial charge in [0.05, 0.1) is 0 Å². The molecule has 3 aromatic rings. The largest absolute Gasteiger partial charge is 0.286 e. The summed E-state index contributed by atoms with van der Waals surface area (Å²) in [6.07, 6.45) is 1.97. The van der Waals surface area contributed by atoms with E-state index in [0.717, 1.165) is 27.3 Å². The second-order valence-corrected chi connectivity index (χ2v) is 3.90. The lowest BCUT2D eigenvalue weighted by atomic mass is 10.2. The third kappa shape index (κ3) is 1.20. The van der Waals surface area contributed by atoms with Crippen LogP contribution in [0.3, 0.4) is 0 Å². The fourth-order valence-corrected chi connectivity index (χ4v) is 1.96. The fraction of sp³-hybridized carbons (Fsp3) is 0.0909. The molecule has 0 radical (unpaired) electrons. The van der Waals surface area contributed by atoms with Crippen molar-refractivity contribution < 1.29 is 0 Å². The lowest BCUT2D eigenvalue weighted by Crippen LogP contribution is -1.88. The van der Waals surface area contributed by atoms with Gasteiger partial charge in [0.25, 0.3) is 0 Å². The molecule has 0 saturated carbocycles. The Morgan fingerprint density at radius 3 is 3.00 bits per heavy atom. The highest BCUT2D eigenvalue weighted by Gasteiger charge is 2.04. The average molecular weight is 218 g/mol. The number of hydrogen-bond donors (Lipinski definition) is 0. The topological polar surface area (TPSA) is 30.2 Å². The lowest BCUT2D eigenvalue weighted by molar-refractivity contribution is 1.01. The van der Waals surface area contributed by atoms with Crippen LogP contribution in [0.4, 0.5) is 0 Å². The number of hydrogen-bond acceptors (Lipinski definition) is 2. The van der Waals surface area contributed by atoms with Crippen molar-refractivity contribution in [3.63, 3.8) is 0 Å². The molecule has 0 spiro atoms. The molecule has 4 heteroatoms. The first-order valence-electron chi connectivity index (χ1n) is 4.65. The van der Waals surface area contributed by atoms with Gasteiger partial charge in [0.1, 0.15) is 5.82 Å². The van der Waals surface area contributed by atoms with Crippen LogP contribution in [-0.4, -0.2) is 14.6 Å². The molecule has 0 amide bonds. The van der Waals surface area contributed by atoms with Gasteiger partial charge in [0.2, 0.25) is 0 Å². The molecule has 74 valence electrons. The van der Waals surface area contributed by atoms with Crippen LogP contribution in [0.25, 0.3) is 16.4 Å². The van der Waals surface area contributed by atoms with Crippen LogP contribution in [0.1, 0.15) is 5.82 Å². The van der Waals surface area contributed by atoms with Crippen LogP contribution >= 0.6 is 11.6 Å². The summed E-state index contributed by atoms with van der Waals surface area (Å²) < 4.78 is 1.94. The minimum atomic E-state index is 0.752. The molecule has 3 nitrogen and oxygen atoms in total. The number of rotatable bonds is 0. The molecule has 2 heterocycles. The third-order valence-corrected chi connectivity index (χ3v) is 2.85. The van der Waals surface area contributed by atoms with Crippen LogP contribution in [0.5, 0.6) is 0 Å². The van der Waals surface area contributed by atoms with Gasteiger partial charge in [-0.3, -0.25) is 4.40 Å². The van der Waals surface area contributed by atoms with Crippen molar-refractivity contribution in [2.75, 3.05) is 0 Å². The Morgan fingerprint density at radius 2 is 2.13 bits per heavy atom. The van der Waals surface area contributed by atoms with Crippen molar-refractivity contribution in [3.8, 4) is 0 Å². The zero-order valence-corrected chi connectivity index (χ0v) is 8.86. The van der Waals surface area contributed by atoms with Gasteiger partial charge in [-0.05, 0) is 24.4 Å². The van der Waals surface area contributed by atoms with E-state index in [2.05, 4.69) is 10.2 Å². The number of aryl methyl sites for hydroxylation is 1. The van der Waals surface area contributed by atoms with Crippen LogP contribution < -0.4 is 0 Å². The van der Waals surface area contributed by atoms with Gasteiger partial charge in [-0.2, -0.15) is 0 Å². The number of aromatic nitrogens is 3. The molecule has 0 bridgehead atoms. The Kier molecular flexibility index (Phi) is 1.70. The summed E-state index contributed by atoms with van der Waals surface area (Å²) in [7, 11) is 0. The summed E-state index contributed by atoms with van der Waals surface area (Å²) in [4.78, 5) is 0. The highest BCUT2D eigenvalue weighted by atomic mass is 35.5. The molecule has 0 atom stereocenters. The Bertz CT molecular complexity index is 657. The number of fused-ring (bicyclic) bond motifs is 2. The Labute approximate surface area is 91.3 Å². The smallest absolute Gasteiger partial charge is 0.161 e. The van der Waals surface area contributed by atoms with Crippen molar-refractivity contribution >= 4 is 28.0 Å². The Balaban J connectivity index is 2.55. The summed E-state index contributed by atoms with van der Waals surface area (Å²) in [6, 6.07) is 7.83. The van der Waals surface area contributed by atoms with Crippen molar-refractivity contribution in [3.05, 3.63) is 41.3 Å². The van der Waals surface area contributed by atoms with Gasteiger partial charge < -0.3 is 0 Å². The Hall–Kier alpha value is -1.61. The molecule has 0 saturated heterocycles. The van der Waals surface area contributed by atoms with Gasteiger partial charge in [0, 0.05) is 16.6 Å². The molecule has 1 aromatic carbocycles. The van der Waals surface area contributed by atoms with Gasteiger partial charge in [0.15, 0.2) is 5.65 Å². The number of pyridine rings is 1. The Morgan fingerprint density at radius 1 is 1.27 bits per heavy atom. The van der Waals surface area contributed by atoms with Crippen molar-refractivity contribution in [1.82, 2.24) is 14.6 Å². The number of halogens is 1. The van der Waals surface area contributed by atoms with Crippen LogP contribution in [-0.2, 0) is 0 Å². The van der Waals surface area contributed by atoms with E-state index in [4.69, 9.17) is 11.6 Å². The molecule has 2 aromatic heterocycles. The number of nitrogens with zero attached hydrogens (tertiary/aromatic N) is 3. The predicted octanol–water partition coefficient (Wildman–Crippen LogP) is 2.84. The number of benzene rings is 1. The second kappa shape index (κ2) is 2.94. The molecule has 0 fully saturated rings. The fourth-order valence-electron chi connectivity index (χ4n) is 1.73. The minimum Gasteiger partial charge on any atom is -0.286 e. The van der Waals surface area contributed by atoms with Gasteiger partial charge in [-0.15, -0.1) is 10.2 Å². The normalized spacial score (nSPS) is 11.3. The monoisotopic (exact) mass is 217 g/mol. The molecule has 0 aliphatic rings. The van der Waals surface area contributed by atoms with E-state index in [9.17, 15) is 0 Å². The summed E-state index contributed by atoms with van der Waals surface area (Å²) in [5.74, 6) is 0.867. The van der Waals surface area contributed by atoms with Crippen LogP contribution in [0.2, 0.25) is 5.02 Å². The van der Waals surface area contributed by atoms with E-state index < -0.39 is 0 Å². The molecular weight excluding hydrogens is 210 g/mol. The van der Waals surface area contributed by atoms with Crippen LogP contribution in [0, 0.1) is 6.92 Å². The molecule has 0 aliphatic heterocycles. The molecule has 15 heavy (non-hydrogen) atoms. The molecule has 0 aliphatic carbocycles. The van der Waals surface area contributed by atoms with Crippen molar-refractivity contribution in [1.29, 1.82) is 0 Å². The predicted molar refractivity (Wildman–Crippen MR) is 60.2 cm³/mol. The summed E-state index contributed by atoms with van der Waals surface area (Å²) in [6.45, 7) is 1.92. The molecule has 3 rings (SSSR count). The average Bonchev–Trinajstić information content (AvgIpc) is 2.59. The zero-order chi connectivity index (χ0) is 10.4. The summed E-state index contributed by atoms with van der Waals surface area (Å²) >= 11 is 6.12. The van der Waals surface area contributed by atoms with Gasteiger partial charge >= 0.3 is 0 Å². The van der Waals surface area contributed by atoms with E-state index in [1.807, 2.05) is 41.8 Å². The minimum absolute atomic E-state index is 0.752. The van der Waals surface area contributed by atoms with E-state index in [1.54, 1.807) is 0 Å². The van der Waals surface area contributed by atoms with E-state index in [1.165, 1.54) is 0 Å². The summed E-state index contributed by atoms with van der Waals surface area (Å²) in [5.41, 5.74) is 0.849. The highest BCUT2D eigenvalue weighted by Crippen LogP contribution is 2.24. The second-order valence-electron chi connectivity index (χ2n) is 3.49. The SMILES string of the molecule is Cc1nnc2cc3cccc(Cl)c3cn12. The first kappa shape index (κ1) is 8.68. The van der Waals surface area contributed by atoms with E-state index in [0.29, 0.717) is 0 Å². The third-order valence-electron chi connectivity index (χ3n) is 2.52. The molecule has 0 unspecified atom stereocenters. The zero-order valence-electron chi connectivity index (χ0n) is 8.11. The summed E-state index contributed by atoms with van der Waals surface area (Å²) in [5, 5.41) is 10.9. The lowest BCUT2D eigenvalue weighted by Gasteiger charge is -2.01.